The van der Waals surface area contributed by atoms with E-state index in [0.717, 1.165) is 11.0 Å². The van der Waals surface area contributed by atoms with Crippen LogP contribution in [-0.2, 0) is 4.74 Å². The van der Waals surface area contributed by atoms with Gasteiger partial charge >= 0.3 is 0 Å². The first-order chi connectivity index (χ1) is 7.83. The monoisotopic (exact) mass is 217 g/mol. The van der Waals surface area contributed by atoms with E-state index < -0.39 is 0 Å². The largest absolute Gasteiger partial charge is 0.377 e. The predicted octanol–water partition coefficient (Wildman–Crippen LogP) is 0.691. The van der Waals surface area contributed by atoms with Crippen LogP contribution >= 0.6 is 0 Å². The number of aromatic amines is 1. The van der Waals surface area contributed by atoms with Gasteiger partial charge in [0.05, 0.1) is 19.3 Å². The zero-order valence-corrected chi connectivity index (χ0v) is 8.56. The molecular formula is C11H11N3O2. The second-order valence-electron chi connectivity index (χ2n) is 3.83. The number of carbonyl (C=O) groups is 1. The highest BCUT2D eigenvalue weighted by Gasteiger charge is 2.21. The zero-order valence-electron chi connectivity index (χ0n) is 8.56. The summed E-state index contributed by atoms with van der Waals surface area (Å²) in [5.41, 5.74) is 1.28. The Kier molecular flexibility index (Phi) is 2.11. The van der Waals surface area contributed by atoms with E-state index in [1.54, 1.807) is 12.3 Å². The molecule has 1 aliphatic heterocycles. The number of rotatable bonds is 2. The number of H-pyrrole nitrogens is 1. The van der Waals surface area contributed by atoms with Crippen LogP contribution in [-0.4, -0.2) is 35.1 Å². The highest BCUT2D eigenvalue weighted by molar-refractivity contribution is 5.97. The summed E-state index contributed by atoms with van der Waals surface area (Å²) in [5.74, 6) is -0.105. The van der Waals surface area contributed by atoms with Gasteiger partial charge in [0.1, 0.15) is 11.3 Å². The first-order valence-corrected chi connectivity index (χ1v) is 5.15. The molecule has 3 heterocycles. The van der Waals surface area contributed by atoms with E-state index in [2.05, 4.69) is 15.3 Å². The minimum Gasteiger partial charge on any atom is -0.377 e. The van der Waals surface area contributed by atoms with Crippen LogP contribution in [0.25, 0.3) is 11.0 Å². The number of aromatic nitrogens is 2. The zero-order chi connectivity index (χ0) is 11.0. The molecule has 2 aromatic rings. The smallest absolute Gasteiger partial charge is 0.268 e. The Labute approximate surface area is 91.8 Å². The Balaban J connectivity index is 1.84. The number of fused-ring (bicyclic) bond motifs is 1. The highest BCUT2D eigenvalue weighted by atomic mass is 16.5. The molecule has 1 amide bonds. The SMILES string of the molecule is O=C(NC1COC1)c1cc2cccnc2[nH]1. The molecule has 0 spiro atoms. The van der Waals surface area contributed by atoms with Crippen molar-refractivity contribution in [3.63, 3.8) is 0 Å². The number of hydrogen-bond acceptors (Lipinski definition) is 3. The number of nitrogens with one attached hydrogen (secondary N) is 2. The van der Waals surface area contributed by atoms with Crippen LogP contribution in [0.3, 0.4) is 0 Å². The van der Waals surface area contributed by atoms with Gasteiger partial charge in [-0.15, -0.1) is 0 Å². The molecule has 82 valence electrons. The Bertz CT molecular complexity index is 498. The van der Waals surface area contributed by atoms with Gasteiger partial charge in [0.25, 0.3) is 5.91 Å². The van der Waals surface area contributed by atoms with Gasteiger partial charge < -0.3 is 15.0 Å². The minimum absolute atomic E-state index is 0.105. The maximum Gasteiger partial charge on any atom is 0.268 e. The van der Waals surface area contributed by atoms with Gasteiger partial charge in [0.15, 0.2) is 0 Å². The third-order valence-corrected chi connectivity index (χ3v) is 2.61. The van der Waals surface area contributed by atoms with Crippen molar-refractivity contribution in [1.82, 2.24) is 15.3 Å². The van der Waals surface area contributed by atoms with E-state index in [1.807, 2.05) is 12.1 Å². The van der Waals surface area contributed by atoms with Crippen LogP contribution in [0.1, 0.15) is 10.5 Å². The van der Waals surface area contributed by atoms with Gasteiger partial charge in [-0.05, 0) is 18.2 Å². The summed E-state index contributed by atoms with van der Waals surface area (Å²) >= 11 is 0. The molecule has 5 nitrogen and oxygen atoms in total. The first kappa shape index (κ1) is 9.35. The lowest BCUT2D eigenvalue weighted by atomic mass is 10.2. The average Bonchev–Trinajstić information content (AvgIpc) is 2.66. The lowest BCUT2D eigenvalue weighted by Gasteiger charge is -2.26. The quantitative estimate of drug-likeness (QED) is 0.777. The van der Waals surface area contributed by atoms with Gasteiger partial charge in [0.2, 0.25) is 0 Å². The van der Waals surface area contributed by atoms with Crippen molar-refractivity contribution in [1.29, 1.82) is 0 Å². The molecule has 0 bridgehead atoms. The Morgan fingerprint density at radius 1 is 1.56 bits per heavy atom. The maximum atomic E-state index is 11.8. The van der Waals surface area contributed by atoms with Gasteiger partial charge in [-0.2, -0.15) is 0 Å². The molecule has 0 aromatic carbocycles. The van der Waals surface area contributed by atoms with Crippen LogP contribution in [0.4, 0.5) is 0 Å². The molecule has 0 unspecified atom stereocenters. The molecule has 5 heteroatoms. The summed E-state index contributed by atoms with van der Waals surface area (Å²) in [6.07, 6.45) is 1.69. The molecule has 3 rings (SSSR count). The van der Waals surface area contributed by atoms with E-state index in [4.69, 9.17) is 4.74 Å². The summed E-state index contributed by atoms with van der Waals surface area (Å²) in [5, 5.41) is 3.81. The Hall–Kier alpha value is -1.88. The van der Waals surface area contributed by atoms with Crippen molar-refractivity contribution < 1.29 is 9.53 Å². The van der Waals surface area contributed by atoms with Crippen LogP contribution in [0.5, 0.6) is 0 Å². The first-order valence-electron chi connectivity index (χ1n) is 5.15. The topological polar surface area (TPSA) is 67.0 Å². The van der Waals surface area contributed by atoms with Gasteiger partial charge in [-0.25, -0.2) is 4.98 Å². The van der Waals surface area contributed by atoms with E-state index in [9.17, 15) is 4.79 Å². The molecule has 2 N–H and O–H groups in total. The summed E-state index contributed by atoms with van der Waals surface area (Å²) in [4.78, 5) is 18.9. The molecule has 16 heavy (non-hydrogen) atoms. The second-order valence-corrected chi connectivity index (χ2v) is 3.83. The fraction of sp³-hybridized carbons (Fsp3) is 0.273. The molecule has 0 atom stereocenters. The fourth-order valence-electron chi connectivity index (χ4n) is 1.66. The standard InChI is InChI=1S/C11H11N3O2/c15-11(13-8-5-16-6-8)9-4-7-2-1-3-12-10(7)14-9/h1-4,8H,5-6H2,(H,12,14)(H,13,15). The lowest BCUT2D eigenvalue weighted by molar-refractivity contribution is -0.00353. The summed E-state index contributed by atoms with van der Waals surface area (Å²) in [7, 11) is 0. The van der Waals surface area contributed by atoms with E-state index in [1.165, 1.54) is 0 Å². The highest BCUT2D eigenvalue weighted by Crippen LogP contribution is 2.12. The number of ether oxygens (including phenoxy) is 1. The third kappa shape index (κ3) is 1.55. The maximum absolute atomic E-state index is 11.8. The van der Waals surface area contributed by atoms with Crippen LogP contribution in [0.15, 0.2) is 24.4 Å². The van der Waals surface area contributed by atoms with Crippen molar-refractivity contribution in [2.75, 3.05) is 13.2 Å². The van der Waals surface area contributed by atoms with Crippen molar-refractivity contribution >= 4 is 16.9 Å². The molecule has 0 radical (unpaired) electrons. The average molecular weight is 217 g/mol. The number of amides is 1. The summed E-state index contributed by atoms with van der Waals surface area (Å²) in [6.45, 7) is 1.20. The van der Waals surface area contributed by atoms with E-state index in [0.29, 0.717) is 18.9 Å². The Morgan fingerprint density at radius 2 is 2.44 bits per heavy atom. The fourth-order valence-corrected chi connectivity index (χ4v) is 1.66. The minimum atomic E-state index is -0.105. The molecule has 0 saturated carbocycles. The Morgan fingerprint density at radius 3 is 3.12 bits per heavy atom. The van der Waals surface area contributed by atoms with Crippen molar-refractivity contribution in [3.05, 3.63) is 30.1 Å². The van der Waals surface area contributed by atoms with Crippen LogP contribution < -0.4 is 5.32 Å². The van der Waals surface area contributed by atoms with Crippen molar-refractivity contribution in [2.45, 2.75) is 6.04 Å². The van der Waals surface area contributed by atoms with E-state index in [-0.39, 0.29) is 11.9 Å². The van der Waals surface area contributed by atoms with Gasteiger partial charge in [0, 0.05) is 11.6 Å². The van der Waals surface area contributed by atoms with Gasteiger partial charge in [-0.3, -0.25) is 4.79 Å². The summed E-state index contributed by atoms with van der Waals surface area (Å²) in [6, 6.07) is 5.71. The van der Waals surface area contributed by atoms with Crippen molar-refractivity contribution in [2.24, 2.45) is 0 Å². The number of pyridine rings is 1. The molecule has 1 fully saturated rings. The number of hydrogen-bond donors (Lipinski definition) is 2. The van der Waals surface area contributed by atoms with Crippen LogP contribution in [0.2, 0.25) is 0 Å². The molecule has 2 aromatic heterocycles. The normalized spacial score (nSPS) is 16.0. The molecule has 0 aliphatic carbocycles. The third-order valence-electron chi connectivity index (χ3n) is 2.61. The second kappa shape index (κ2) is 3.61. The number of carbonyl (C=O) groups excluding carboxylic acids is 1. The molecule has 1 aliphatic rings. The van der Waals surface area contributed by atoms with Crippen molar-refractivity contribution in [3.8, 4) is 0 Å². The lowest BCUT2D eigenvalue weighted by Crippen LogP contribution is -2.48. The number of nitrogens with zero attached hydrogens (tertiary/aromatic N) is 1. The van der Waals surface area contributed by atoms with Crippen LogP contribution in [0, 0.1) is 0 Å². The predicted molar refractivity (Wildman–Crippen MR) is 58.2 cm³/mol. The molecular weight excluding hydrogens is 206 g/mol. The summed E-state index contributed by atoms with van der Waals surface area (Å²) < 4.78 is 4.99. The van der Waals surface area contributed by atoms with Gasteiger partial charge in [-0.1, -0.05) is 0 Å². The molecule has 1 saturated heterocycles. The van der Waals surface area contributed by atoms with E-state index >= 15 is 0 Å².